The molecule has 29 heavy (non-hydrogen) atoms. The number of aryl methyl sites for hydroxylation is 1. The molecule has 144 valence electrons. The van der Waals surface area contributed by atoms with E-state index in [1.165, 1.54) is 30.3 Å². The first-order valence-electron chi connectivity index (χ1n) is 8.63. The highest BCUT2D eigenvalue weighted by Crippen LogP contribution is 2.27. The molecule has 1 amide bonds. The maximum atomic E-state index is 13.1. The van der Waals surface area contributed by atoms with E-state index in [9.17, 15) is 19.3 Å². The van der Waals surface area contributed by atoms with Gasteiger partial charge in [0.1, 0.15) is 11.3 Å². The Hall–Kier alpha value is -4.07. The predicted octanol–water partition coefficient (Wildman–Crippen LogP) is 5.10. The number of nitrogens with zero attached hydrogens (tertiary/aromatic N) is 2. The number of hydrogen-bond donors (Lipinski definition) is 1. The summed E-state index contributed by atoms with van der Waals surface area (Å²) < 4.78 is 18.8. The molecule has 0 saturated heterocycles. The average Bonchev–Trinajstić information content (AvgIpc) is 3.11. The molecule has 0 aliphatic rings. The molecule has 1 aromatic heterocycles. The molecule has 0 fully saturated rings. The predicted molar refractivity (Wildman–Crippen MR) is 105 cm³/mol. The number of carbonyl (C=O) groups is 1. The Balaban J connectivity index is 1.58. The third kappa shape index (κ3) is 3.68. The van der Waals surface area contributed by atoms with E-state index >= 15 is 0 Å². The minimum absolute atomic E-state index is 0.0427. The van der Waals surface area contributed by atoms with Crippen LogP contribution in [0, 0.1) is 22.9 Å². The van der Waals surface area contributed by atoms with E-state index in [0.717, 1.165) is 0 Å². The zero-order valence-electron chi connectivity index (χ0n) is 15.2. The maximum Gasteiger partial charge on any atom is 0.272 e. The molecule has 0 unspecified atom stereocenters. The van der Waals surface area contributed by atoms with Crippen LogP contribution in [0.1, 0.15) is 15.9 Å². The standard InChI is InChI=1S/C21H14FN3O4/c1-12-10-14(4-8-18(12)25(27)28)20(26)23-16-7-9-19-17(11-16)24-21(29-19)13-2-5-15(22)6-3-13/h2-11H,1H3,(H,23,26). The number of halogens is 1. The van der Waals surface area contributed by atoms with Crippen molar-refractivity contribution >= 4 is 28.4 Å². The number of nitro groups is 1. The smallest absolute Gasteiger partial charge is 0.272 e. The number of anilines is 1. The Morgan fingerprint density at radius 2 is 1.86 bits per heavy atom. The van der Waals surface area contributed by atoms with Crippen LogP contribution in [0.2, 0.25) is 0 Å². The number of hydrogen-bond acceptors (Lipinski definition) is 5. The van der Waals surface area contributed by atoms with Gasteiger partial charge in [0, 0.05) is 28.4 Å². The van der Waals surface area contributed by atoms with E-state index in [1.54, 1.807) is 37.3 Å². The van der Waals surface area contributed by atoms with Gasteiger partial charge >= 0.3 is 0 Å². The maximum absolute atomic E-state index is 13.1. The third-order valence-corrected chi connectivity index (χ3v) is 4.39. The molecule has 0 aliphatic carbocycles. The van der Waals surface area contributed by atoms with Crippen molar-refractivity contribution in [2.45, 2.75) is 6.92 Å². The fourth-order valence-corrected chi connectivity index (χ4v) is 2.93. The second-order valence-electron chi connectivity index (χ2n) is 6.42. The molecule has 4 aromatic rings. The zero-order chi connectivity index (χ0) is 20.5. The van der Waals surface area contributed by atoms with Crippen LogP contribution in [0.3, 0.4) is 0 Å². The van der Waals surface area contributed by atoms with Crippen molar-refractivity contribution in [3.8, 4) is 11.5 Å². The summed E-state index contributed by atoms with van der Waals surface area (Å²) in [7, 11) is 0. The molecule has 7 nitrogen and oxygen atoms in total. The Morgan fingerprint density at radius 3 is 2.55 bits per heavy atom. The molecule has 8 heteroatoms. The first-order chi connectivity index (χ1) is 13.9. The van der Waals surface area contributed by atoms with E-state index in [0.29, 0.717) is 39.4 Å². The fraction of sp³-hybridized carbons (Fsp3) is 0.0476. The van der Waals surface area contributed by atoms with Gasteiger partial charge in [0.25, 0.3) is 11.6 Å². The molecule has 0 spiro atoms. The number of rotatable bonds is 4. The molecule has 1 N–H and O–H groups in total. The Morgan fingerprint density at radius 1 is 1.10 bits per heavy atom. The van der Waals surface area contributed by atoms with Crippen molar-refractivity contribution in [1.82, 2.24) is 4.98 Å². The van der Waals surface area contributed by atoms with Crippen molar-refractivity contribution in [1.29, 1.82) is 0 Å². The second-order valence-corrected chi connectivity index (χ2v) is 6.42. The molecule has 0 radical (unpaired) electrons. The van der Waals surface area contributed by atoms with E-state index in [-0.39, 0.29) is 11.5 Å². The normalized spacial score (nSPS) is 10.8. The number of oxazole rings is 1. The summed E-state index contributed by atoms with van der Waals surface area (Å²) in [6.07, 6.45) is 0. The van der Waals surface area contributed by atoms with Gasteiger partial charge in [0.05, 0.1) is 4.92 Å². The summed E-state index contributed by atoms with van der Waals surface area (Å²) in [6.45, 7) is 1.58. The van der Waals surface area contributed by atoms with Gasteiger partial charge in [-0.25, -0.2) is 9.37 Å². The number of nitrogens with one attached hydrogen (secondary N) is 1. The lowest BCUT2D eigenvalue weighted by atomic mass is 10.1. The van der Waals surface area contributed by atoms with Crippen molar-refractivity contribution < 1.29 is 18.5 Å². The molecule has 0 atom stereocenters. The highest BCUT2D eigenvalue weighted by molar-refractivity contribution is 6.05. The molecule has 0 aliphatic heterocycles. The Labute approximate surface area is 164 Å². The summed E-state index contributed by atoms with van der Waals surface area (Å²) in [5.74, 6) is -0.407. The van der Waals surface area contributed by atoms with Crippen LogP contribution in [-0.2, 0) is 0 Å². The van der Waals surface area contributed by atoms with Crippen LogP contribution in [0.4, 0.5) is 15.8 Å². The molecule has 0 saturated carbocycles. The van der Waals surface area contributed by atoms with Crippen molar-refractivity contribution in [3.63, 3.8) is 0 Å². The lowest BCUT2D eigenvalue weighted by Gasteiger charge is -2.06. The first-order valence-corrected chi connectivity index (χ1v) is 8.63. The summed E-state index contributed by atoms with van der Waals surface area (Å²) in [5, 5.41) is 13.7. The number of nitro benzene ring substituents is 1. The first kappa shape index (κ1) is 18.3. The zero-order valence-corrected chi connectivity index (χ0v) is 15.2. The van der Waals surface area contributed by atoms with Gasteiger partial charge in [0.2, 0.25) is 5.89 Å². The van der Waals surface area contributed by atoms with Crippen LogP contribution < -0.4 is 5.32 Å². The number of fused-ring (bicyclic) bond motifs is 1. The number of carbonyl (C=O) groups excluding carboxylic acids is 1. The average molecular weight is 391 g/mol. The molecular formula is C21H14FN3O4. The molecular weight excluding hydrogens is 377 g/mol. The van der Waals surface area contributed by atoms with Crippen molar-refractivity contribution in [2.75, 3.05) is 5.32 Å². The van der Waals surface area contributed by atoms with Gasteiger partial charge in [-0.15, -0.1) is 0 Å². The van der Waals surface area contributed by atoms with E-state index < -0.39 is 10.8 Å². The third-order valence-electron chi connectivity index (χ3n) is 4.39. The largest absolute Gasteiger partial charge is 0.436 e. The number of aromatic nitrogens is 1. The van der Waals surface area contributed by atoms with Crippen molar-refractivity contribution in [2.24, 2.45) is 0 Å². The van der Waals surface area contributed by atoms with Crippen LogP contribution in [0.15, 0.2) is 65.1 Å². The minimum Gasteiger partial charge on any atom is -0.436 e. The lowest BCUT2D eigenvalue weighted by molar-refractivity contribution is -0.385. The fourth-order valence-electron chi connectivity index (χ4n) is 2.93. The van der Waals surface area contributed by atoms with Crippen LogP contribution >= 0.6 is 0 Å². The lowest BCUT2D eigenvalue weighted by Crippen LogP contribution is -2.12. The summed E-state index contributed by atoms with van der Waals surface area (Å²) in [6, 6.07) is 15.0. The SMILES string of the molecule is Cc1cc(C(=O)Nc2ccc3oc(-c4ccc(F)cc4)nc3c2)ccc1[N+](=O)[O-]. The molecule has 3 aromatic carbocycles. The van der Waals surface area contributed by atoms with Gasteiger partial charge in [-0.1, -0.05) is 0 Å². The second kappa shape index (κ2) is 7.16. The highest BCUT2D eigenvalue weighted by atomic mass is 19.1. The topological polar surface area (TPSA) is 98.3 Å². The molecule has 0 bridgehead atoms. The summed E-state index contributed by atoms with van der Waals surface area (Å²) in [5.41, 5.74) is 2.85. The van der Waals surface area contributed by atoms with Crippen molar-refractivity contribution in [3.05, 3.63) is 87.7 Å². The van der Waals surface area contributed by atoms with Crippen LogP contribution in [-0.4, -0.2) is 15.8 Å². The van der Waals surface area contributed by atoms with Gasteiger partial charge in [-0.3, -0.25) is 14.9 Å². The Bertz CT molecular complexity index is 1250. The highest BCUT2D eigenvalue weighted by Gasteiger charge is 2.15. The van der Waals surface area contributed by atoms with Crippen LogP contribution in [0.5, 0.6) is 0 Å². The van der Waals surface area contributed by atoms with Crippen LogP contribution in [0.25, 0.3) is 22.6 Å². The summed E-state index contributed by atoms with van der Waals surface area (Å²) in [4.78, 5) is 27.3. The summed E-state index contributed by atoms with van der Waals surface area (Å²) >= 11 is 0. The monoisotopic (exact) mass is 391 g/mol. The van der Waals surface area contributed by atoms with E-state index in [2.05, 4.69) is 10.3 Å². The van der Waals surface area contributed by atoms with Gasteiger partial charge < -0.3 is 9.73 Å². The van der Waals surface area contributed by atoms with Gasteiger partial charge in [0.15, 0.2) is 5.58 Å². The van der Waals surface area contributed by atoms with E-state index in [1.807, 2.05) is 0 Å². The number of benzene rings is 3. The number of amides is 1. The molecule has 4 rings (SSSR count). The quantitative estimate of drug-likeness (QED) is 0.385. The Kier molecular flexibility index (Phi) is 4.52. The van der Waals surface area contributed by atoms with Gasteiger partial charge in [-0.05, 0) is 61.5 Å². The minimum atomic E-state index is -0.492. The molecule has 1 heterocycles. The van der Waals surface area contributed by atoms with Gasteiger partial charge in [-0.2, -0.15) is 0 Å². The van der Waals surface area contributed by atoms with E-state index in [4.69, 9.17) is 4.42 Å².